The van der Waals surface area contributed by atoms with E-state index < -0.39 is 0 Å². The molecule has 2 aromatic heterocycles. The molecule has 0 aliphatic heterocycles. The van der Waals surface area contributed by atoms with Gasteiger partial charge in [0.05, 0.1) is 27.8 Å². The molecule has 2 heterocycles. The lowest BCUT2D eigenvalue weighted by molar-refractivity contribution is 1.02. The molecule has 3 nitrogen and oxygen atoms in total. The second kappa shape index (κ2) is 12.8. The summed E-state index contributed by atoms with van der Waals surface area (Å²) in [7, 11) is 0. The summed E-state index contributed by atoms with van der Waals surface area (Å²) in [5.74, 6) is 0. The van der Waals surface area contributed by atoms with E-state index in [0.29, 0.717) is 0 Å². The number of allylic oxidation sites excluding steroid dienone is 4. The lowest BCUT2D eigenvalue weighted by atomic mass is 10.0. The summed E-state index contributed by atoms with van der Waals surface area (Å²) in [5, 5.41) is 7.52. The number of fused-ring (bicyclic) bond motifs is 7. The van der Waals surface area contributed by atoms with E-state index in [0.717, 1.165) is 35.6 Å². The quantitative estimate of drug-likeness (QED) is 0.168. The minimum absolute atomic E-state index is 1.06. The van der Waals surface area contributed by atoms with Gasteiger partial charge in [-0.25, -0.2) is 0 Å². The van der Waals surface area contributed by atoms with Crippen molar-refractivity contribution < 1.29 is 0 Å². The minimum Gasteiger partial charge on any atom is -0.310 e. The van der Waals surface area contributed by atoms with Crippen molar-refractivity contribution in [3.8, 4) is 16.8 Å². The second-order valence-electron chi connectivity index (χ2n) is 14.5. The molecule has 0 fully saturated rings. The van der Waals surface area contributed by atoms with E-state index in [1.165, 1.54) is 71.2 Å². The molecule has 0 atom stereocenters. The van der Waals surface area contributed by atoms with Crippen molar-refractivity contribution in [2.45, 2.75) is 12.8 Å². The van der Waals surface area contributed by atoms with Crippen LogP contribution in [0.5, 0.6) is 0 Å². The zero-order valence-electron chi connectivity index (χ0n) is 30.3. The van der Waals surface area contributed by atoms with Gasteiger partial charge in [0.1, 0.15) is 0 Å². The van der Waals surface area contributed by atoms with Crippen LogP contribution in [-0.2, 0) is 0 Å². The maximum atomic E-state index is 2.43. The topological polar surface area (TPSA) is 13.1 Å². The molecule has 1 aliphatic rings. The molecule has 0 saturated heterocycles. The summed E-state index contributed by atoms with van der Waals surface area (Å²) in [4.78, 5) is 2.43. The first-order chi connectivity index (χ1) is 27.3. The Kier molecular flexibility index (Phi) is 7.31. The van der Waals surface area contributed by atoms with Gasteiger partial charge >= 0.3 is 0 Å². The molecule has 260 valence electrons. The van der Waals surface area contributed by atoms with Gasteiger partial charge in [0.2, 0.25) is 0 Å². The van der Waals surface area contributed by atoms with Crippen LogP contribution >= 0.6 is 0 Å². The van der Waals surface area contributed by atoms with Crippen LogP contribution < -0.4 is 4.90 Å². The molecule has 0 amide bonds. The fourth-order valence-electron chi connectivity index (χ4n) is 8.79. The van der Waals surface area contributed by atoms with Crippen molar-refractivity contribution in [2.75, 3.05) is 4.90 Å². The molecule has 0 N–H and O–H groups in total. The summed E-state index contributed by atoms with van der Waals surface area (Å²) in [6.45, 7) is 0. The number of rotatable bonds is 6. The Hall–Kier alpha value is -7.10. The third kappa shape index (κ3) is 5.12. The molecule has 0 spiro atoms. The average Bonchev–Trinajstić information content (AvgIpc) is 3.76. The van der Waals surface area contributed by atoms with Gasteiger partial charge < -0.3 is 14.0 Å². The standard InChI is InChI=1S/C52H37N3/c1-3-15-36(16-4-1)43-21-9-12-24-48(43)53(42-31-32-51-47(35-42)45-23-11-13-25-49(45)54(51)39-19-5-2-6-20-39)40-27-29-41(30-28-40)55-50-26-14-10-22-44(50)46-33-37-17-7-8-18-38(37)34-52(46)55/h1,3-5,7-35H,2,6H2. The highest BCUT2D eigenvalue weighted by atomic mass is 15.1. The number of benzene rings is 8. The molecular formula is C52H37N3. The molecule has 11 rings (SSSR count). The van der Waals surface area contributed by atoms with Crippen LogP contribution in [-0.4, -0.2) is 9.13 Å². The van der Waals surface area contributed by atoms with Crippen LogP contribution in [0.3, 0.4) is 0 Å². The second-order valence-corrected chi connectivity index (χ2v) is 14.5. The first kappa shape index (κ1) is 31.4. The predicted molar refractivity (Wildman–Crippen MR) is 234 cm³/mol. The molecular weight excluding hydrogens is 667 g/mol. The minimum atomic E-state index is 1.06. The molecule has 8 aromatic carbocycles. The van der Waals surface area contributed by atoms with Crippen molar-refractivity contribution in [1.29, 1.82) is 0 Å². The number of hydrogen-bond acceptors (Lipinski definition) is 1. The van der Waals surface area contributed by atoms with Crippen LogP contribution in [0, 0.1) is 0 Å². The Labute approximate surface area is 319 Å². The van der Waals surface area contributed by atoms with Gasteiger partial charge in [0, 0.05) is 49.9 Å². The first-order valence-corrected chi connectivity index (χ1v) is 19.2. The molecule has 0 unspecified atom stereocenters. The van der Waals surface area contributed by atoms with E-state index in [2.05, 4.69) is 214 Å². The molecule has 0 bridgehead atoms. The maximum Gasteiger partial charge on any atom is 0.0547 e. The summed E-state index contributed by atoms with van der Waals surface area (Å²) in [5.41, 5.74) is 12.9. The molecule has 0 saturated carbocycles. The molecule has 10 aromatic rings. The van der Waals surface area contributed by atoms with Gasteiger partial charge in [-0.1, -0.05) is 121 Å². The van der Waals surface area contributed by atoms with Crippen LogP contribution in [0.25, 0.3) is 76.9 Å². The van der Waals surface area contributed by atoms with Gasteiger partial charge in [0.25, 0.3) is 0 Å². The first-order valence-electron chi connectivity index (χ1n) is 19.2. The van der Waals surface area contributed by atoms with Gasteiger partial charge in [-0.3, -0.25) is 0 Å². The smallest absolute Gasteiger partial charge is 0.0547 e. The van der Waals surface area contributed by atoms with E-state index >= 15 is 0 Å². The number of para-hydroxylation sites is 3. The predicted octanol–water partition coefficient (Wildman–Crippen LogP) is 14.4. The SMILES string of the molecule is C1=CC(n2c3ccccc3c3cc(N(c4ccc(-n5c6ccccc6c6cc7ccccc7cc65)cc4)c4ccccc4-c4ccccc4)ccc32)=CCC1. The van der Waals surface area contributed by atoms with Gasteiger partial charge in [-0.15, -0.1) is 0 Å². The lowest BCUT2D eigenvalue weighted by Crippen LogP contribution is -2.11. The van der Waals surface area contributed by atoms with Gasteiger partial charge in [-0.05, 0) is 108 Å². The zero-order chi connectivity index (χ0) is 36.3. The van der Waals surface area contributed by atoms with Crippen molar-refractivity contribution in [1.82, 2.24) is 9.13 Å². The highest BCUT2D eigenvalue weighted by Crippen LogP contribution is 2.44. The Morgan fingerprint density at radius 1 is 0.418 bits per heavy atom. The van der Waals surface area contributed by atoms with E-state index in [4.69, 9.17) is 0 Å². The maximum absolute atomic E-state index is 2.43. The monoisotopic (exact) mass is 703 g/mol. The molecule has 55 heavy (non-hydrogen) atoms. The normalized spacial score (nSPS) is 13.0. The Morgan fingerprint density at radius 3 is 1.80 bits per heavy atom. The van der Waals surface area contributed by atoms with Crippen molar-refractivity contribution in [3.63, 3.8) is 0 Å². The van der Waals surface area contributed by atoms with Crippen molar-refractivity contribution >= 4 is 77.1 Å². The van der Waals surface area contributed by atoms with E-state index in [1.54, 1.807) is 0 Å². The third-order valence-corrected chi connectivity index (χ3v) is 11.3. The molecule has 3 heteroatoms. The fraction of sp³-hybridized carbons (Fsp3) is 0.0385. The highest BCUT2D eigenvalue weighted by molar-refractivity contribution is 6.14. The van der Waals surface area contributed by atoms with E-state index in [1.807, 2.05) is 0 Å². The van der Waals surface area contributed by atoms with Crippen LogP contribution in [0.2, 0.25) is 0 Å². The van der Waals surface area contributed by atoms with Crippen LogP contribution in [0.4, 0.5) is 17.1 Å². The summed E-state index contributed by atoms with van der Waals surface area (Å²) < 4.78 is 4.84. The van der Waals surface area contributed by atoms with Gasteiger partial charge in [-0.2, -0.15) is 0 Å². The Balaban J connectivity index is 1.12. The number of hydrogen-bond donors (Lipinski definition) is 0. The van der Waals surface area contributed by atoms with E-state index in [-0.39, 0.29) is 0 Å². The molecule has 1 aliphatic carbocycles. The number of anilines is 3. The Morgan fingerprint density at radius 2 is 1.04 bits per heavy atom. The van der Waals surface area contributed by atoms with Crippen LogP contribution in [0.15, 0.2) is 200 Å². The summed E-state index contributed by atoms with van der Waals surface area (Å²) >= 11 is 0. The Bertz CT molecular complexity index is 3140. The summed E-state index contributed by atoms with van der Waals surface area (Å²) in [6.07, 6.45) is 9.07. The third-order valence-electron chi connectivity index (χ3n) is 11.3. The number of nitrogens with zero attached hydrogens (tertiary/aromatic N) is 3. The number of aromatic nitrogens is 2. The lowest BCUT2D eigenvalue weighted by Gasteiger charge is -2.28. The molecule has 0 radical (unpaired) electrons. The zero-order valence-corrected chi connectivity index (χ0v) is 30.3. The van der Waals surface area contributed by atoms with Crippen molar-refractivity contribution in [2.24, 2.45) is 0 Å². The van der Waals surface area contributed by atoms with Gasteiger partial charge in [0.15, 0.2) is 0 Å². The summed E-state index contributed by atoms with van der Waals surface area (Å²) in [6, 6.07) is 66.5. The van der Waals surface area contributed by atoms with Crippen LogP contribution in [0.1, 0.15) is 12.8 Å². The largest absolute Gasteiger partial charge is 0.310 e. The van der Waals surface area contributed by atoms with Crippen molar-refractivity contribution in [3.05, 3.63) is 200 Å². The average molecular weight is 704 g/mol. The fourth-order valence-corrected chi connectivity index (χ4v) is 8.79. The van der Waals surface area contributed by atoms with E-state index in [9.17, 15) is 0 Å². The highest BCUT2D eigenvalue weighted by Gasteiger charge is 2.21.